The average molecular weight is 249 g/mol. The van der Waals surface area contributed by atoms with Gasteiger partial charge in [-0.05, 0) is 25.9 Å². The molecule has 1 aliphatic heterocycles. The average Bonchev–Trinajstić information content (AvgIpc) is 2.82. The topological polar surface area (TPSA) is 38.2 Å². The lowest BCUT2D eigenvalue weighted by Gasteiger charge is -2.17. The molecule has 0 amide bonds. The van der Waals surface area contributed by atoms with Gasteiger partial charge in [-0.25, -0.2) is 9.97 Å². The summed E-state index contributed by atoms with van der Waals surface area (Å²) >= 11 is 0. The van der Waals surface area contributed by atoms with E-state index in [9.17, 15) is 0 Å². The van der Waals surface area contributed by atoms with Crippen LogP contribution in [0.4, 0.5) is 0 Å². The van der Waals surface area contributed by atoms with Crippen LogP contribution in [0.15, 0.2) is 12.4 Å². The zero-order valence-electron chi connectivity index (χ0n) is 11.6. The van der Waals surface area contributed by atoms with Gasteiger partial charge in [0, 0.05) is 12.0 Å². The van der Waals surface area contributed by atoms with Gasteiger partial charge in [-0.3, -0.25) is 4.90 Å². The molecule has 0 spiro atoms. The van der Waals surface area contributed by atoms with E-state index in [0.717, 1.165) is 24.7 Å². The molecule has 4 heteroatoms. The summed E-state index contributed by atoms with van der Waals surface area (Å²) in [6, 6.07) is 0. The quantitative estimate of drug-likeness (QED) is 0.820. The molecule has 18 heavy (non-hydrogen) atoms. The van der Waals surface area contributed by atoms with Crippen molar-refractivity contribution in [2.45, 2.75) is 39.0 Å². The molecule has 1 saturated heterocycles. The summed E-state index contributed by atoms with van der Waals surface area (Å²) in [5, 5.41) is 0. The van der Waals surface area contributed by atoms with Gasteiger partial charge in [-0.1, -0.05) is 20.8 Å². The minimum atomic E-state index is -0.00587. The van der Waals surface area contributed by atoms with Gasteiger partial charge in [0.15, 0.2) is 5.75 Å². The highest BCUT2D eigenvalue weighted by Gasteiger charge is 2.17. The van der Waals surface area contributed by atoms with Crippen molar-refractivity contribution in [2.24, 2.45) is 0 Å². The van der Waals surface area contributed by atoms with Gasteiger partial charge >= 0.3 is 0 Å². The van der Waals surface area contributed by atoms with Crippen LogP contribution in [0.25, 0.3) is 0 Å². The summed E-state index contributed by atoms with van der Waals surface area (Å²) in [7, 11) is 0. The molecule has 1 fully saturated rings. The molecule has 0 radical (unpaired) electrons. The van der Waals surface area contributed by atoms with Crippen molar-refractivity contribution in [3.63, 3.8) is 0 Å². The van der Waals surface area contributed by atoms with Crippen LogP contribution >= 0.6 is 0 Å². The number of nitrogens with zero attached hydrogens (tertiary/aromatic N) is 3. The lowest BCUT2D eigenvalue weighted by atomic mass is 9.96. The largest absolute Gasteiger partial charge is 0.489 e. The van der Waals surface area contributed by atoms with Crippen LogP contribution in [0.1, 0.15) is 39.4 Å². The summed E-state index contributed by atoms with van der Waals surface area (Å²) in [4.78, 5) is 11.1. The molecule has 2 heterocycles. The molecule has 4 nitrogen and oxygen atoms in total. The lowest BCUT2D eigenvalue weighted by Crippen LogP contribution is -2.25. The van der Waals surface area contributed by atoms with Crippen molar-refractivity contribution in [1.82, 2.24) is 14.9 Å². The van der Waals surface area contributed by atoms with E-state index < -0.39 is 0 Å². The second kappa shape index (κ2) is 5.65. The zero-order chi connectivity index (χ0) is 13.0. The van der Waals surface area contributed by atoms with Crippen LogP contribution < -0.4 is 4.74 Å². The Balaban J connectivity index is 1.79. The Morgan fingerprint density at radius 1 is 1.17 bits per heavy atom. The summed E-state index contributed by atoms with van der Waals surface area (Å²) in [5.74, 6) is 1.62. The number of hydrogen-bond acceptors (Lipinski definition) is 4. The first-order valence-electron chi connectivity index (χ1n) is 6.73. The summed E-state index contributed by atoms with van der Waals surface area (Å²) in [6.07, 6.45) is 6.20. The number of rotatable bonds is 4. The first-order chi connectivity index (χ1) is 8.55. The van der Waals surface area contributed by atoms with Gasteiger partial charge in [0.2, 0.25) is 0 Å². The molecule has 0 bridgehead atoms. The van der Waals surface area contributed by atoms with Crippen LogP contribution in [0.2, 0.25) is 0 Å². The molecule has 1 aromatic rings. The zero-order valence-corrected chi connectivity index (χ0v) is 11.6. The molecule has 2 rings (SSSR count). The first-order valence-corrected chi connectivity index (χ1v) is 6.73. The molecule has 0 atom stereocenters. The fourth-order valence-electron chi connectivity index (χ4n) is 2.08. The predicted octanol–water partition coefficient (Wildman–Crippen LogP) is 2.25. The molecular weight excluding hydrogens is 226 g/mol. The van der Waals surface area contributed by atoms with Crippen LogP contribution in [0.5, 0.6) is 5.75 Å². The van der Waals surface area contributed by atoms with E-state index in [-0.39, 0.29) is 5.41 Å². The molecule has 0 saturated carbocycles. The van der Waals surface area contributed by atoms with Crippen LogP contribution in [-0.2, 0) is 5.41 Å². The second-order valence-electron chi connectivity index (χ2n) is 5.89. The van der Waals surface area contributed by atoms with Gasteiger partial charge < -0.3 is 4.74 Å². The maximum absolute atomic E-state index is 5.67. The maximum atomic E-state index is 5.67. The van der Waals surface area contributed by atoms with E-state index in [2.05, 4.69) is 35.6 Å². The third kappa shape index (κ3) is 3.67. The van der Waals surface area contributed by atoms with Gasteiger partial charge in [-0.15, -0.1) is 0 Å². The van der Waals surface area contributed by atoms with E-state index in [1.807, 2.05) is 0 Å². The second-order valence-corrected chi connectivity index (χ2v) is 5.89. The minimum absolute atomic E-state index is 0.00587. The third-order valence-electron chi connectivity index (χ3n) is 3.17. The number of hydrogen-bond donors (Lipinski definition) is 0. The predicted molar refractivity (Wildman–Crippen MR) is 71.9 cm³/mol. The van der Waals surface area contributed by atoms with Gasteiger partial charge in [-0.2, -0.15) is 0 Å². The van der Waals surface area contributed by atoms with Crippen molar-refractivity contribution in [3.8, 4) is 5.75 Å². The minimum Gasteiger partial charge on any atom is -0.489 e. The fraction of sp³-hybridized carbons (Fsp3) is 0.714. The van der Waals surface area contributed by atoms with Gasteiger partial charge in [0.25, 0.3) is 0 Å². The van der Waals surface area contributed by atoms with Crippen molar-refractivity contribution in [2.75, 3.05) is 26.2 Å². The van der Waals surface area contributed by atoms with Gasteiger partial charge in [0.1, 0.15) is 12.4 Å². The van der Waals surface area contributed by atoms with E-state index in [1.165, 1.54) is 25.9 Å². The molecule has 0 aliphatic carbocycles. The molecule has 0 N–H and O–H groups in total. The molecule has 1 aliphatic rings. The Morgan fingerprint density at radius 2 is 1.78 bits per heavy atom. The molecular formula is C14H23N3O. The molecule has 100 valence electrons. The lowest BCUT2D eigenvalue weighted by molar-refractivity contribution is 0.236. The van der Waals surface area contributed by atoms with Crippen molar-refractivity contribution in [1.29, 1.82) is 0 Å². The van der Waals surface area contributed by atoms with Crippen molar-refractivity contribution < 1.29 is 4.74 Å². The summed E-state index contributed by atoms with van der Waals surface area (Å²) < 4.78 is 5.67. The summed E-state index contributed by atoms with van der Waals surface area (Å²) in [6.45, 7) is 10.5. The number of ether oxygens (including phenoxy) is 1. The standard InChI is InChI=1S/C14H23N3O/c1-14(2,3)13-15-10-12(11-16-13)18-9-8-17-6-4-5-7-17/h10-11H,4-9H2,1-3H3. The van der Waals surface area contributed by atoms with Crippen LogP contribution in [0.3, 0.4) is 0 Å². The molecule has 0 unspecified atom stereocenters. The smallest absolute Gasteiger partial charge is 0.155 e. The third-order valence-corrected chi connectivity index (χ3v) is 3.17. The van der Waals surface area contributed by atoms with E-state index in [1.54, 1.807) is 12.4 Å². The Kier molecular flexibility index (Phi) is 4.17. The molecule has 1 aromatic heterocycles. The SMILES string of the molecule is CC(C)(C)c1ncc(OCCN2CCCC2)cn1. The van der Waals surface area contributed by atoms with Gasteiger partial charge in [0.05, 0.1) is 12.4 Å². The Morgan fingerprint density at radius 3 is 2.33 bits per heavy atom. The fourth-order valence-corrected chi connectivity index (χ4v) is 2.08. The van der Waals surface area contributed by atoms with Crippen LogP contribution in [-0.4, -0.2) is 41.1 Å². The monoisotopic (exact) mass is 249 g/mol. The van der Waals surface area contributed by atoms with Crippen LogP contribution in [0, 0.1) is 0 Å². The van der Waals surface area contributed by atoms with E-state index >= 15 is 0 Å². The highest BCUT2D eigenvalue weighted by molar-refractivity contribution is 5.14. The summed E-state index contributed by atoms with van der Waals surface area (Å²) in [5.41, 5.74) is -0.00587. The van der Waals surface area contributed by atoms with E-state index in [0.29, 0.717) is 0 Å². The maximum Gasteiger partial charge on any atom is 0.155 e. The first kappa shape index (κ1) is 13.3. The van der Waals surface area contributed by atoms with E-state index in [4.69, 9.17) is 4.74 Å². The number of aromatic nitrogens is 2. The normalized spacial score (nSPS) is 17.1. The number of likely N-dealkylation sites (tertiary alicyclic amines) is 1. The van der Waals surface area contributed by atoms with Crippen molar-refractivity contribution in [3.05, 3.63) is 18.2 Å². The Hall–Kier alpha value is -1.16. The Labute approximate surface area is 109 Å². The highest BCUT2D eigenvalue weighted by atomic mass is 16.5. The highest BCUT2D eigenvalue weighted by Crippen LogP contribution is 2.18. The van der Waals surface area contributed by atoms with Crippen molar-refractivity contribution >= 4 is 0 Å². The molecule has 0 aromatic carbocycles. The Bertz CT molecular complexity index is 364.